The predicted octanol–water partition coefficient (Wildman–Crippen LogP) is 4.87. The largest absolute Gasteiger partial charge is 0.379 e. The van der Waals surface area contributed by atoms with Gasteiger partial charge in [-0.3, -0.25) is 0 Å². The molecule has 2 aromatic rings. The molecule has 0 unspecified atom stereocenters. The summed E-state index contributed by atoms with van der Waals surface area (Å²) in [6, 6.07) is 13.7. The van der Waals surface area contributed by atoms with E-state index in [0.717, 1.165) is 11.1 Å². The average molecular weight is 257 g/mol. The van der Waals surface area contributed by atoms with Crippen molar-refractivity contribution < 1.29 is 4.39 Å². The van der Waals surface area contributed by atoms with Crippen LogP contribution in [-0.2, 0) is 6.54 Å². The molecule has 0 atom stereocenters. The Kier molecular flexibility index (Phi) is 4.20. The van der Waals surface area contributed by atoms with Gasteiger partial charge in [0.2, 0.25) is 0 Å². The minimum Gasteiger partial charge on any atom is -0.379 e. The van der Waals surface area contributed by atoms with Crippen LogP contribution >= 0.6 is 0 Å². The average Bonchev–Trinajstić information content (AvgIpc) is 2.38. The third-order valence-electron chi connectivity index (χ3n) is 3.25. The van der Waals surface area contributed by atoms with Crippen molar-refractivity contribution in [2.45, 2.75) is 33.2 Å². The zero-order valence-corrected chi connectivity index (χ0v) is 11.7. The van der Waals surface area contributed by atoms with E-state index in [1.807, 2.05) is 13.0 Å². The lowest BCUT2D eigenvalue weighted by Gasteiger charge is -2.10. The third kappa shape index (κ3) is 3.57. The van der Waals surface area contributed by atoms with Crippen molar-refractivity contribution in [3.63, 3.8) is 0 Å². The molecule has 0 spiro atoms. The Bertz CT molecular complexity index is 544. The Balaban J connectivity index is 2.02. The highest BCUT2D eigenvalue weighted by Gasteiger charge is 2.02. The van der Waals surface area contributed by atoms with Crippen molar-refractivity contribution in [2.24, 2.45) is 0 Å². The van der Waals surface area contributed by atoms with Crippen molar-refractivity contribution >= 4 is 5.69 Å². The highest BCUT2D eigenvalue weighted by atomic mass is 19.1. The molecule has 0 saturated heterocycles. The number of rotatable bonds is 4. The summed E-state index contributed by atoms with van der Waals surface area (Å²) in [5.41, 5.74) is 3.97. The first-order valence-corrected chi connectivity index (χ1v) is 6.65. The molecule has 2 heteroatoms. The van der Waals surface area contributed by atoms with Gasteiger partial charge in [0.05, 0.1) is 5.69 Å². The summed E-state index contributed by atoms with van der Waals surface area (Å²) < 4.78 is 13.7. The summed E-state index contributed by atoms with van der Waals surface area (Å²) in [7, 11) is 0. The number of benzene rings is 2. The molecule has 1 nitrogen and oxygen atoms in total. The van der Waals surface area contributed by atoms with Crippen LogP contribution in [0.15, 0.2) is 42.5 Å². The van der Waals surface area contributed by atoms with Gasteiger partial charge in [-0.1, -0.05) is 44.2 Å². The molecule has 2 aromatic carbocycles. The fourth-order valence-corrected chi connectivity index (χ4v) is 1.98. The van der Waals surface area contributed by atoms with E-state index >= 15 is 0 Å². The molecular formula is C17H20FN. The number of aryl methyl sites for hydroxylation is 1. The number of nitrogens with one attached hydrogen (secondary N) is 1. The molecule has 1 N–H and O–H groups in total. The molecule has 0 amide bonds. The van der Waals surface area contributed by atoms with E-state index in [1.54, 1.807) is 12.1 Å². The molecule has 0 aliphatic rings. The normalized spacial score (nSPS) is 10.8. The summed E-state index contributed by atoms with van der Waals surface area (Å²) >= 11 is 0. The van der Waals surface area contributed by atoms with Gasteiger partial charge in [-0.15, -0.1) is 0 Å². The van der Waals surface area contributed by atoms with Crippen LogP contribution in [0.1, 0.15) is 36.5 Å². The van der Waals surface area contributed by atoms with Gasteiger partial charge in [-0.2, -0.15) is 0 Å². The lowest BCUT2D eigenvalue weighted by atomic mass is 10.0. The van der Waals surface area contributed by atoms with Crippen LogP contribution < -0.4 is 5.32 Å². The molecular weight excluding hydrogens is 237 g/mol. The van der Waals surface area contributed by atoms with Crippen LogP contribution in [-0.4, -0.2) is 0 Å². The number of hydrogen-bond donors (Lipinski definition) is 1. The maximum Gasteiger partial charge on any atom is 0.146 e. The summed E-state index contributed by atoms with van der Waals surface area (Å²) in [6.45, 7) is 6.87. The van der Waals surface area contributed by atoms with E-state index in [4.69, 9.17) is 0 Å². The van der Waals surface area contributed by atoms with Gasteiger partial charge in [-0.25, -0.2) is 4.39 Å². The van der Waals surface area contributed by atoms with Crippen molar-refractivity contribution in [3.05, 3.63) is 65.0 Å². The summed E-state index contributed by atoms with van der Waals surface area (Å²) in [6.07, 6.45) is 0. The van der Waals surface area contributed by atoms with Gasteiger partial charge in [0.1, 0.15) is 5.82 Å². The minimum atomic E-state index is -0.196. The summed E-state index contributed by atoms with van der Waals surface area (Å²) in [5, 5.41) is 3.13. The quantitative estimate of drug-likeness (QED) is 0.824. The van der Waals surface area contributed by atoms with Crippen molar-refractivity contribution in [1.82, 2.24) is 0 Å². The van der Waals surface area contributed by atoms with E-state index in [9.17, 15) is 4.39 Å². The van der Waals surface area contributed by atoms with E-state index < -0.39 is 0 Å². The number of halogens is 1. The molecule has 0 radical (unpaired) electrons. The number of hydrogen-bond acceptors (Lipinski definition) is 1. The summed E-state index contributed by atoms with van der Waals surface area (Å²) in [5.74, 6) is 0.343. The number of anilines is 1. The lowest BCUT2D eigenvalue weighted by molar-refractivity contribution is 0.629. The SMILES string of the molecule is Cc1ccc(NCc2ccc(C(C)C)cc2)c(F)c1. The van der Waals surface area contributed by atoms with Crippen LogP contribution in [0, 0.1) is 12.7 Å². The van der Waals surface area contributed by atoms with E-state index in [-0.39, 0.29) is 5.82 Å². The molecule has 0 heterocycles. The van der Waals surface area contributed by atoms with Crippen LogP contribution in [0.4, 0.5) is 10.1 Å². The van der Waals surface area contributed by atoms with Crippen molar-refractivity contribution in [3.8, 4) is 0 Å². The first-order chi connectivity index (χ1) is 9.06. The molecule has 100 valence electrons. The zero-order chi connectivity index (χ0) is 13.8. The molecule has 0 aromatic heterocycles. The predicted molar refractivity (Wildman–Crippen MR) is 79.0 cm³/mol. The second kappa shape index (κ2) is 5.87. The zero-order valence-electron chi connectivity index (χ0n) is 11.7. The first-order valence-electron chi connectivity index (χ1n) is 6.65. The fourth-order valence-electron chi connectivity index (χ4n) is 1.98. The molecule has 0 aliphatic carbocycles. The van der Waals surface area contributed by atoms with Crippen molar-refractivity contribution in [2.75, 3.05) is 5.32 Å². The second-order valence-corrected chi connectivity index (χ2v) is 5.23. The van der Waals surface area contributed by atoms with Crippen LogP contribution in [0.2, 0.25) is 0 Å². The molecule has 0 fully saturated rings. The molecule has 2 rings (SSSR count). The Hall–Kier alpha value is -1.83. The lowest BCUT2D eigenvalue weighted by Crippen LogP contribution is -2.02. The van der Waals surface area contributed by atoms with Gasteiger partial charge in [0.15, 0.2) is 0 Å². The molecule has 0 saturated carbocycles. The second-order valence-electron chi connectivity index (χ2n) is 5.23. The van der Waals surface area contributed by atoms with Gasteiger partial charge >= 0.3 is 0 Å². The van der Waals surface area contributed by atoms with Crippen LogP contribution in [0.3, 0.4) is 0 Å². The van der Waals surface area contributed by atoms with E-state index in [1.165, 1.54) is 5.56 Å². The standard InChI is InChI=1S/C17H20FN/c1-12(2)15-7-5-14(6-8-15)11-19-17-9-4-13(3)10-16(17)18/h4-10,12,19H,11H2,1-3H3. The topological polar surface area (TPSA) is 12.0 Å². The highest BCUT2D eigenvalue weighted by Crippen LogP contribution is 2.18. The molecule has 0 bridgehead atoms. The molecule has 0 aliphatic heterocycles. The van der Waals surface area contributed by atoms with Gasteiger partial charge in [-0.05, 0) is 41.7 Å². The third-order valence-corrected chi connectivity index (χ3v) is 3.25. The van der Waals surface area contributed by atoms with E-state index in [2.05, 4.69) is 43.4 Å². The summed E-state index contributed by atoms with van der Waals surface area (Å²) in [4.78, 5) is 0. The fraction of sp³-hybridized carbons (Fsp3) is 0.294. The highest BCUT2D eigenvalue weighted by molar-refractivity contribution is 5.46. The minimum absolute atomic E-state index is 0.196. The van der Waals surface area contributed by atoms with Crippen LogP contribution in [0.5, 0.6) is 0 Å². The monoisotopic (exact) mass is 257 g/mol. The van der Waals surface area contributed by atoms with Gasteiger partial charge in [0.25, 0.3) is 0 Å². The molecule has 19 heavy (non-hydrogen) atoms. The van der Waals surface area contributed by atoms with E-state index in [0.29, 0.717) is 18.2 Å². The van der Waals surface area contributed by atoms with Crippen molar-refractivity contribution in [1.29, 1.82) is 0 Å². The maximum atomic E-state index is 13.7. The smallest absolute Gasteiger partial charge is 0.146 e. The Morgan fingerprint density at radius 3 is 2.32 bits per heavy atom. The Morgan fingerprint density at radius 1 is 1.05 bits per heavy atom. The van der Waals surface area contributed by atoms with Gasteiger partial charge < -0.3 is 5.32 Å². The van der Waals surface area contributed by atoms with Crippen LogP contribution in [0.25, 0.3) is 0 Å². The van der Waals surface area contributed by atoms with Gasteiger partial charge in [0, 0.05) is 6.54 Å². The Morgan fingerprint density at radius 2 is 1.74 bits per heavy atom. The maximum absolute atomic E-state index is 13.7. The first kappa shape index (κ1) is 13.6. The Labute approximate surface area is 114 Å².